The lowest BCUT2D eigenvalue weighted by atomic mass is 10.2. The Morgan fingerprint density at radius 1 is 0.952 bits per heavy atom. The highest BCUT2D eigenvalue weighted by atomic mass is 32.2. The summed E-state index contributed by atoms with van der Waals surface area (Å²) in [5, 5.41) is 21.6. The van der Waals surface area contributed by atoms with Crippen LogP contribution in [0.4, 0.5) is 11.4 Å². The van der Waals surface area contributed by atoms with Gasteiger partial charge in [-0.1, -0.05) is 17.8 Å². The number of benzene rings is 2. The zero-order valence-electron chi connectivity index (χ0n) is 10.5. The molecule has 0 bridgehead atoms. The fourth-order valence-corrected chi connectivity index (χ4v) is 2.50. The van der Waals surface area contributed by atoms with Crippen LogP contribution in [0.15, 0.2) is 52.3 Å². The van der Waals surface area contributed by atoms with Crippen molar-refractivity contribution in [3.8, 4) is 0 Å². The second kappa shape index (κ2) is 6.14. The van der Waals surface area contributed by atoms with Crippen molar-refractivity contribution in [2.45, 2.75) is 9.79 Å². The van der Waals surface area contributed by atoms with Crippen molar-refractivity contribution in [2.75, 3.05) is 0 Å². The van der Waals surface area contributed by atoms with Crippen LogP contribution in [0, 0.1) is 20.2 Å². The van der Waals surface area contributed by atoms with Gasteiger partial charge in [0.2, 0.25) is 0 Å². The van der Waals surface area contributed by atoms with Crippen molar-refractivity contribution < 1.29 is 14.6 Å². The fourth-order valence-electron chi connectivity index (χ4n) is 1.60. The Hall–Kier alpha value is -2.74. The lowest BCUT2D eigenvalue weighted by molar-refractivity contribution is -0.387. The molecule has 8 heteroatoms. The predicted octanol–water partition coefficient (Wildman–Crippen LogP) is 3.47. The molecule has 7 nitrogen and oxygen atoms in total. The van der Waals surface area contributed by atoms with Crippen LogP contribution in [0.3, 0.4) is 0 Å². The smallest absolute Gasteiger partial charge is 0.283 e. The molecule has 0 saturated heterocycles. The minimum Gasteiger partial charge on any atom is -0.298 e. The maximum Gasteiger partial charge on any atom is 0.283 e. The number of nitrogens with zero attached hydrogens (tertiary/aromatic N) is 2. The largest absolute Gasteiger partial charge is 0.298 e. The van der Waals surface area contributed by atoms with Crippen LogP contribution in [0.5, 0.6) is 0 Å². The number of carbonyl (C=O) groups excluding carboxylic acids is 1. The van der Waals surface area contributed by atoms with E-state index in [0.29, 0.717) is 16.1 Å². The Balaban J connectivity index is 2.32. The first-order valence-corrected chi connectivity index (χ1v) is 6.49. The summed E-state index contributed by atoms with van der Waals surface area (Å²) < 4.78 is 0. The van der Waals surface area contributed by atoms with E-state index >= 15 is 0 Å². The number of non-ortho nitro benzene ring substituents is 1. The molecule has 106 valence electrons. The van der Waals surface area contributed by atoms with Gasteiger partial charge < -0.3 is 0 Å². The van der Waals surface area contributed by atoms with E-state index in [9.17, 15) is 25.0 Å². The van der Waals surface area contributed by atoms with Crippen molar-refractivity contribution in [1.29, 1.82) is 0 Å². The third kappa shape index (κ3) is 3.42. The molecule has 2 rings (SSSR count). The van der Waals surface area contributed by atoms with Crippen LogP contribution < -0.4 is 0 Å². The summed E-state index contributed by atoms with van der Waals surface area (Å²) in [6.45, 7) is 0. The zero-order valence-corrected chi connectivity index (χ0v) is 11.3. The summed E-state index contributed by atoms with van der Waals surface area (Å²) in [7, 11) is 0. The van der Waals surface area contributed by atoms with Gasteiger partial charge in [0.15, 0.2) is 0 Å². The Labute approximate surface area is 122 Å². The third-order valence-corrected chi connectivity index (χ3v) is 3.66. The highest BCUT2D eigenvalue weighted by Crippen LogP contribution is 2.35. The molecule has 0 saturated carbocycles. The van der Waals surface area contributed by atoms with Gasteiger partial charge in [0.1, 0.15) is 6.29 Å². The Morgan fingerprint density at radius 3 is 2.14 bits per heavy atom. The monoisotopic (exact) mass is 304 g/mol. The fraction of sp³-hybridized carbons (Fsp3) is 0. The SMILES string of the molecule is O=Cc1ccc(Sc2ccc([N+](=O)[O-])cc2)c([N+](=O)[O-])c1. The van der Waals surface area contributed by atoms with E-state index in [2.05, 4.69) is 0 Å². The molecule has 0 aromatic heterocycles. The highest BCUT2D eigenvalue weighted by Gasteiger charge is 2.16. The summed E-state index contributed by atoms with van der Waals surface area (Å²) in [6.07, 6.45) is 0.535. The highest BCUT2D eigenvalue weighted by molar-refractivity contribution is 7.99. The Morgan fingerprint density at radius 2 is 1.62 bits per heavy atom. The number of rotatable bonds is 5. The van der Waals surface area contributed by atoms with Crippen LogP contribution in [-0.2, 0) is 0 Å². The molecule has 2 aromatic rings. The molecule has 0 unspecified atom stereocenters. The van der Waals surface area contributed by atoms with Crippen LogP contribution in [0.25, 0.3) is 0 Å². The maximum atomic E-state index is 11.0. The van der Waals surface area contributed by atoms with Gasteiger partial charge in [-0.15, -0.1) is 0 Å². The molecule has 0 amide bonds. The average molecular weight is 304 g/mol. The van der Waals surface area contributed by atoms with Gasteiger partial charge in [-0.25, -0.2) is 0 Å². The van der Waals surface area contributed by atoms with Crippen molar-refractivity contribution in [2.24, 2.45) is 0 Å². The number of nitro groups is 2. The Kier molecular flexibility index (Phi) is 4.29. The van der Waals surface area contributed by atoms with Crippen LogP contribution in [0.2, 0.25) is 0 Å². The summed E-state index contributed by atoms with van der Waals surface area (Å²) in [6, 6.07) is 9.84. The lowest BCUT2D eigenvalue weighted by Crippen LogP contribution is -1.93. The van der Waals surface area contributed by atoms with Gasteiger partial charge in [0.05, 0.1) is 14.7 Å². The summed E-state index contributed by atoms with van der Waals surface area (Å²) in [5.74, 6) is 0. The number of hydrogen-bond donors (Lipinski definition) is 0. The lowest BCUT2D eigenvalue weighted by Gasteiger charge is -2.03. The summed E-state index contributed by atoms with van der Waals surface area (Å²) >= 11 is 1.10. The van der Waals surface area contributed by atoms with E-state index in [0.717, 1.165) is 11.8 Å². The van der Waals surface area contributed by atoms with Gasteiger partial charge in [0.25, 0.3) is 11.4 Å². The molecule has 0 aliphatic rings. The Bertz CT molecular complexity index is 715. The molecule has 0 fully saturated rings. The number of nitro benzene ring substituents is 2. The van der Waals surface area contributed by atoms with Gasteiger partial charge in [-0.3, -0.25) is 25.0 Å². The topological polar surface area (TPSA) is 103 Å². The van der Waals surface area contributed by atoms with Crippen molar-refractivity contribution in [3.05, 3.63) is 68.3 Å². The summed E-state index contributed by atoms with van der Waals surface area (Å²) in [4.78, 5) is 32.1. The number of aldehydes is 1. The van der Waals surface area contributed by atoms with Gasteiger partial charge in [0, 0.05) is 28.7 Å². The van der Waals surface area contributed by atoms with Gasteiger partial charge in [-0.2, -0.15) is 0 Å². The van der Waals surface area contributed by atoms with Crippen LogP contribution in [-0.4, -0.2) is 16.1 Å². The first-order chi connectivity index (χ1) is 10.0. The molecule has 21 heavy (non-hydrogen) atoms. The van der Waals surface area contributed by atoms with E-state index in [1.165, 1.54) is 42.5 Å². The molecule has 0 radical (unpaired) electrons. The van der Waals surface area contributed by atoms with E-state index in [1.54, 1.807) is 0 Å². The minimum absolute atomic E-state index is 0.0508. The van der Waals surface area contributed by atoms with E-state index in [4.69, 9.17) is 0 Å². The minimum atomic E-state index is -0.569. The van der Waals surface area contributed by atoms with E-state index in [1.807, 2.05) is 0 Å². The van der Waals surface area contributed by atoms with Gasteiger partial charge in [-0.05, 0) is 18.2 Å². The quantitative estimate of drug-likeness (QED) is 0.476. The normalized spacial score (nSPS) is 10.1. The van der Waals surface area contributed by atoms with E-state index < -0.39 is 9.85 Å². The molecule has 0 aliphatic carbocycles. The molecule has 0 N–H and O–H groups in total. The van der Waals surface area contributed by atoms with Crippen LogP contribution >= 0.6 is 11.8 Å². The zero-order chi connectivity index (χ0) is 15.4. The number of hydrogen-bond acceptors (Lipinski definition) is 6. The van der Waals surface area contributed by atoms with Gasteiger partial charge >= 0.3 is 0 Å². The molecular weight excluding hydrogens is 296 g/mol. The predicted molar refractivity (Wildman–Crippen MR) is 75.7 cm³/mol. The van der Waals surface area contributed by atoms with Crippen molar-refractivity contribution in [1.82, 2.24) is 0 Å². The molecule has 2 aromatic carbocycles. The van der Waals surface area contributed by atoms with Crippen molar-refractivity contribution in [3.63, 3.8) is 0 Å². The molecular formula is C13H8N2O5S. The summed E-state index contributed by atoms with van der Waals surface area (Å²) in [5.41, 5.74) is -0.0112. The molecule has 0 spiro atoms. The first kappa shape index (κ1) is 14.7. The standard InChI is InChI=1S/C13H8N2O5S/c16-8-9-1-6-13(12(7-9)15(19)20)21-11-4-2-10(3-5-11)14(17)18/h1-8H. The van der Waals surface area contributed by atoms with Crippen molar-refractivity contribution >= 4 is 29.4 Å². The maximum absolute atomic E-state index is 11.0. The van der Waals surface area contributed by atoms with E-state index in [-0.39, 0.29) is 16.9 Å². The second-order valence-electron chi connectivity index (χ2n) is 3.96. The molecule has 0 aliphatic heterocycles. The second-order valence-corrected chi connectivity index (χ2v) is 5.07. The molecule has 0 heterocycles. The third-order valence-electron chi connectivity index (χ3n) is 2.59. The average Bonchev–Trinajstić information content (AvgIpc) is 2.48. The first-order valence-electron chi connectivity index (χ1n) is 5.67. The molecule has 0 atom stereocenters. The number of carbonyl (C=O) groups is 1. The van der Waals surface area contributed by atoms with Crippen LogP contribution in [0.1, 0.15) is 10.4 Å².